The van der Waals surface area contributed by atoms with Crippen molar-refractivity contribution in [2.45, 2.75) is 40.5 Å². The van der Waals surface area contributed by atoms with Crippen LogP contribution in [0, 0.1) is 27.3 Å². The van der Waals surface area contributed by atoms with Gasteiger partial charge >= 0.3 is 0 Å². The van der Waals surface area contributed by atoms with Crippen molar-refractivity contribution in [3.8, 4) is 22.4 Å². The van der Waals surface area contributed by atoms with Crippen LogP contribution in [-0.4, -0.2) is 0 Å². The minimum atomic E-state index is 0.464. The van der Waals surface area contributed by atoms with E-state index in [1.54, 1.807) is 0 Å². The van der Waals surface area contributed by atoms with Gasteiger partial charge in [0.05, 0.1) is 12.1 Å². The van der Waals surface area contributed by atoms with Gasteiger partial charge in [-0.1, -0.05) is 62.4 Å². The summed E-state index contributed by atoms with van der Waals surface area (Å²) in [7, 11) is 2.11. The smallest absolute Gasteiger partial charge is 0.216 e. The average Bonchev–Trinajstić information content (AvgIpc) is 3.20. The molecule has 0 N–H and O–H groups in total. The van der Waals surface area contributed by atoms with Gasteiger partial charge < -0.3 is 4.42 Å². The van der Waals surface area contributed by atoms with Crippen LogP contribution in [0.4, 0.5) is 5.69 Å². The van der Waals surface area contributed by atoms with Crippen LogP contribution in [0.2, 0.25) is 0 Å². The molecule has 0 fully saturated rings. The van der Waals surface area contributed by atoms with Crippen LogP contribution in [0.1, 0.15) is 42.0 Å². The van der Waals surface area contributed by atoms with Gasteiger partial charge in [-0.2, -0.15) is 0 Å². The van der Waals surface area contributed by atoms with Crippen molar-refractivity contribution < 1.29 is 8.98 Å². The van der Waals surface area contributed by atoms with Crippen LogP contribution < -0.4 is 4.57 Å². The number of benzene rings is 3. The molecule has 3 aromatic carbocycles. The molecule has 2 heterocycles. The van der Waals surface area contributed by atoms with E-state index >= 15 is 0 Å². The number of aromatic nitrogens is 1. The SMILES string of the molecule is [C-]#[N+]c1ccc2c(oc3c(-c4cc(C)c(C(C)C)c[n+]4C)c(C)cc(C)c32)c1-c1ccccc1. The predicted octanol–water partition coefficient (Wildman–Crippen LogP) is 8.34. The summed E-state index contributed by atoms with van der Waals surface area (Å²) in [6.45, 7) is 18.7. The van der Waals surface area contributed by atoms with Gasteiger partial charge in [-0.25, -0.2) is 9.41 Å². The second-order valence-corrected chi connectivity index (χ2v) is 9.57. The van der Waals surface area contributed by atoms with E-state index in [1.807, 2.05) is 42.5 Å². The first kappa shape index (κ1) is 21.9. The second kappa shape index (κ2) is 8.15. The number of fused-ring (bicyclic) bond motifs is 3. The predicted molar refractivity (Wildman–Crippen MR) is 140 cm³/mol. The molecule has 0 aliphatic carbocycles. The number of aryl methyl sites for hydroxylation is 4. The summed E-state index contributed by atoms with van der Waals surface area (Å²) in [4.78, 5) is 3.83. The van der Waals surface area contributed by atoms with E-state index in [0.717, 1.165) is 44.3 Å². The minimum absolute atomic E-state index is 0.464. The van der Waals surface area contributed by atoms with Gasteiger partial charge in [0.1, 0.15) is 18.2 Å². The number of pyridine rings is 1. The lowest BCUT2D eigenvalue weighted by atomic mass is 9.93. The molecule has 3 heteroatoms. The van der Waals surface area contributed by atoms with Gasteiger partial charge in [-0.05, 0) is 48.9 Å². The molecule has 5 aromatic rings. The Kier molecular flexibility index (Phi) is 5.25. The van der Waals surface area contributed by atoms with Crippen molar-refractivity contribution in [1.82, 2.24) is 0 Å². The summed E-state index contributed by atoms with van der Waals surface area (Å²) in [5.41, 5.74) is 11.4. The zero-order valence-electron chi connectivity index (χ0n) is 20.7. The quantitative estimate of drug-likeness (QED) is 0.202. The fourth-order valence-corrected chi connectivity index (χ4v) is 5.28. The molecule has 0 unspecified atom stereocenters. The Morgan fingerprint density at radius 2 is 1.59 bits per heavy atom. The molecule has 0 saturated heterocycles. The molecule has 0 saturated carbocycles. The maximum atomic E-state index is 7.78. The topological polar surface area (TPSA) is 21.4 Å². The molecule has 0 radical (unpaired) electrons. The van der Waals surface area contributed by atoms with Crippen LogP contribution in [0.25, 0.3) is 49.2 Å². The summed E-state index contributed by atoms with van der Waals surface area (Å²) < 4.78 is 8.96. The van der Waals surface area contributed by atoms with E-state index in [-0.39, 0.29) is 0 Å². The molecule has 0 atom stereocenters. The third-order valence-electron chi connectivity index (χ3n) is 6.87. The highest BCUT2D eigenvalue weighted by Crippen LogP contribution is 2.45. The van der Waals surface area contributed by atoms with Crippen molar-refractivity contribution >= 4 is 27.6 Å². The highest BCUT2D eigenvalue weighted by molar-refractivity contribution is 6.16. The number of rotatable bonds is 3. The molecule has 0 spiro atoms. The van der Waals surface area contributed by atoms with Crippen LogP contribution in [0.3, 0.4) is 0 Å². The van der Waals surface area contributed by atoms with Crippen molar-refractivity contribution in [2.24, 2.45) is 7.05 Å². The van der Waals surface area contributed by atoms with Crippen molar-refractivity contribution in [2.75, 3.05) is 0 Å². The summed E-state index contributed by atoms with van der Waals surface area (Å²) in [6, 6.07) is 18.6. The van der Waals surface area contributed by atoms with Crippen LogP contribution in [-0.2, 0) is 7.05 Å². The fraction of sp³-hybridized carbons (Fsp3) is 0.226. The maximum absolute atomic E-state index is 7.78. The Balaban J connectivity index is 1.92. The molecule has 3 nitrogen and oxygen atoms in total. The molecule has 0 aliphatic rings. The Hall–Kier alpha value is -3.90. The maximum Gasteiger partial charge on any atom is 0.216 e. The number of furan rings is 1. The standard InChI is InChI=1S/C31H29N2O/c1-18(2)24-17-33(7)26(16-19(24)3)28-21(5)15-20(4)27-23-13-14-25(32-6)29(30(23)34-31(27)28)22-11-9-8-10-12-22/h8-18H,1-5,7H3/q+1. The zero-order chi connectivity index (χ0) is 24.1. The van der Waals surface area contributed by atoms with Gasteiger partial charge in [-0.3, -0.25) is 0 Å². The van der Waals surface area contributed by atoms with E-state index in [9.17, 15) is 0 Å². The fourth-order valence-electron chi connectivity index (χ4n) is 5.28. The van der Waals surface area contributed by atoms with Crippen LogP contribution in [0.5, 0.6) is 0 Å². The molecular formula is C31H29N2O+. The van der Waals surface area contributed by atoms with Crippen molar-refractivity contribution in [3.05, 3.63) is 94.5 Å². The van der Waals surface area contributed by atoms with E-state index in [2.05, 4.69) is 69.4 Å². The molecule has 5 rings (SSSR count). The number of hydrogen-bond acceptors (Lipinski definition) is 1. The van der Waals surface area contributed by atoms with E-state index in [1.165, 1.54) is 22.3 Å². The third-order valence-corrected chi connectivity index (χ3v) is 6.87. The molecular weight excluding hydrogens is 416 g/mol. The summed E-state index contributed by atoms with van der Waals surface area (Å²) >= 11 is 0. The first-order valence-electron chi connectivity index (χ1n) is 11.7. The molecule has 0 amide bonds. The molecule has 0 bridgehead atoms. The molecule has 168 valence electrons. The molecule has 2 aromatic heterocycles. The average molecular weight is 446 g/mol. The van der Waals surface area contributed by atoms with Gasteiger partial charge in [0.25, 0.3) is 0 Å². The highest BCUT2D eigenvalue weighted by Gasteiger charge is 2.25. The number of hydrogen-bond donors (Lipinski definition) is 0. The van der Waals surface area contributed by atoms with Crippen molar-refractivity contribution in [1.29, 1.82) is 0 Å². The summed E-state index contributed by atoms with van der Waals surface area (Å²) in [5.74, 6) is 0.464. The Morgan fingerprint density at radius 3 is 2.26 bits per heavy atom. The monoisotopic (exact) mass is 445 g/mol. The molecule has 0 aliphatic heterocycles. The normalized spacial score (nSPS) is 11.5. The van der Waals surface area contributed by atoms with Crippen molar-refractivity contribution in [3.63, 3.8) is 0 Å². The summed E-state index contributed by atoms with van der Waals surface area (Å²) in [5, 5.41) is 2.17. The Bertz CT molecular complexity index is 1620. The van der Waals surface area contributed by atoms with Crippen LogP contribution in [0.15, 0.2) is 65.2 Å². The first-order chi connectivity index (χ1) is 16.3. The Labute approximate surface area is 201 Å². The lowest BCUT2D eigenvalue weighted by molar-refractivity contribution is -0.660. The first-order valence-corrected chi connectivity index (χ1v) is 11.7. The summed E-state index contributed by atoms with van der Waals surface area (Å²) in [6.07, 6.45) is 2.25. The van der Waals surface area contributed by atoms with E-state index in [0.29, 0.717) is 11.6 Å². The van der Waals surface area contributed by atoms with Gasteiger partial charge in [0.2, 0.25) is 5.69 Å². The Morgan fingerprint density at radius 1 is 0.853 bits per heavy atom. The lowest BCUT2D eigenvalue weighted by Gasteiger charge is -2.12. The lowest BCUT2D eigenvalue weighted by Crippen LogP contribution is -2.32. The van der Waals surface area contributed by atoms with Gasteiger partial charge in [0, 0.05) is 28.0 Å². The highest BCUT2D eigenvalue weighted by atomic mass is 16.3. The number of nitrogens with zero attached hydrogens (tertiary/aromatic N) is 2. The van der Waals surface area contributed by atoms with Gasteiger partial charge in [0.15, 0.2) is 11.9 Å². The van der Waals surface area contributed by atoms with E-state index in [4.69, 9.17) is 11.0 Å². The van der Waals surface area contributed by atoms with E-state index < -0.39 is 0 Å². The largest absolute Gasteiger partial charge is 0.456 e. The minimum Gasteiger partial charge on any atom is -0.456 e. The zero-order valence-corrected chi connectivity index (χ0v) is 20.7. The van der Waals surface area contributed by atoms with Crippen LogP contribution >= 0.6 is 0 Å². The second-order valence-electron chi connectivity index (χ2n) is 9.57. The van der Waals surface area contributed by atoms with Gasteiger partial charge in [-0.15, -0.1) is 0 Å². The molecule has 34 heavy (non-hydrogen) atoms. The third kappa shape index (κ3) is 3.30.